The molecule has 1 aliphatic heterocycles. The first-order valence-electron chi connectivity index (χ1n) is 6.82. The first-order chi connectivity index (χ1) is 9.32. The predicted octanol–water partition coefficient (Wildman–Crippen LogP) is 1.46. The molecule has 1 aromatic rings. The van der Waals surface area contributed by atoms with Gasteiger partial charge in [-0.3, -0.25) is 9.59 Å². The lowest BCUT2D eigenvalue weighted by Crippen LogP contribution is -2.48. The molecule has 1 aromatic carbocycles. The van der Waals surface area contributed by atoms with E-state index in [1.807, 2.05) is 20.8 Å². The van der Waals surface area contributed by atoms with Crippen molar-refractivity contribution < 1.29 is 9.59 Å². The number of nitrogen functional groups attached to an aromatic ring is 1. The zero-order valence-corrected chi connectivity index (χ0v) is 12.2. The maximum absolute atomic E-state index is 12.1. The number of carbonyl (C=O) groups excluding carboxylic acids is 2. The van der Waals surface area contributed by atoms with E-state index in [4.69, 9.17) is 5.73 Å². The van der Waals surface area contributed by atoms with E-state index >= 15 is 0 Å². The van der Waals surface area contributed by atoms with Gasteiger partial charge in [-0.05, 0) is 44.0 Å². The van der Waals surface area contributed by atoms with Crippen LogP contribution in [0.15, 0.2) is 18.2 Å². The molecule has 0 aliphatic carbocycles. The number of rotatable bonds is 4. The van der Waals surface area contributed by atoms with Crippen LogP contribution in [0.5, 0.6) is 0 Å². The van der Waals surface area contributed by atoms with Crippen LogP contribution in [-0.2, 0) is 16.0 Å². The van der Waals surface area contributed by atoms with Crippen molar-refractivity contribution in [2.45, 2.75) is 39.2 Å². The van der Waals surface area contributed by atoms with Crippen LogP contribution in [0.1, 0.15) is 32.8 Å². The third kappa shape index (κ3) is 2.92. The van der Waals surface area contributed by atoms with Gasteiger partial charge in [0.05, 0.1) is 6.42 Å². The van der Waals surface area contributed by atoms with E-state index in [2.05, 4.69) is 5.32 Å². The Bertz CT molecular complexity index is 552. The van der Waals surface area contributed by atoms with Gasteiger partial charge in [0.2, 0.25) is 11.8 Å². The molecule has 0 aromatic heterocycles. The lowest BCUT2D eigenvalue weighted by Gasteiger charge is -2.26. The number of nitrogens with zero attached hydrogens (tertiary/aromatic N) is 1. The van der Waals surface area contributed by atoms with E-state index in [-0.39, 0.29) is 23.9 Å². The SMILES string of the molecule is CCC(C)(C)NC(=O)CN1C(=O)Cc2cc(N)ccc21. The molecular weight excluding hydrogens is 254 g/mol. The molecule has 2 amide bonds. The van der Waals surface area contributed by atoms with E-state index in [1.165, 1.54) is 4.90 Å². The van der Waals surface area contributed by atoms with Crippen molar-refractivity contribution in [3.05, 3.63) is 23.8 Å². The molecule has 5 heteroatoms. The molecule has 2 rings (SSSR count). The Kier molecular flexibility index (Phi) is 3.70. The zero-order chi connectivity index (χ0) is 14.9. The van der Waals surface area contributed by atoms with E-state index < -0.39 is 0 Å². The van der Waals surface area contributed by atoms with Crippen LogP contribution in [0, 0.1) is 0 Å². The minimum absolute atomic E-state index is 0.0547. The Morgan fingerprint density at radius 2 is 2.15 bits per heavy atom. The maximum Gasteiger partial charge on any atom is 0.240 e. The molecule has 20 heavy (non-hydrogen) atoms. The van der Waals surface area contributed by atoms with Gasteiger partial charge < -0.3 is 16.0 Å². The minimum atomic E-state index is -0.260. The Labute approximate surface area is 119 Å². The van der Waals surface area contributed by atoms with Gasteiger partial charge in [0, 0.05) is 16.9 Å². The smallest absolute Gasteiger partial charge is 0.240 e. The quantitative estimate of drug-likeness (QED) is 0.817. The highest BCUT2D eigenvalue weighted by molar-refractivity contribution is 6.05. The molecule has 1 heterocycles. The van der Waals surface area contributed by atoms with Crippen LogP contribution >= 0.6 is 0 Å². The molecule has 0 bridgehead atoms. The largest absolute Gasteiger partial charge is 0.399 e. The number of fused-ring (bicyclic) bond motifs is 1. The molecule has 108 valence electrons. The number of carbonyl (C=O) groups is 2. The molecule has 0 spiro atoms. The average Bonchev–Trinajstić information content (AvgIpc) is 2.64. The minimum Gasteiger partial charge on any atom is -0.399 e. The Morgan fingerprint density at radius 1 is 1.45 bits per heavy atom. The van der Waals surface area contributed by atoms with Crippen molar-refractivity contribution in [2.24, 2.45) is 0 Å². The normalized spacial score (nSPS) is 14.3. The molecule has 0 radical (unpaired) electrons. The summed E-state index contributed by atoms with van der Waals surface area (Å²) < 4.78 is 0. The molecule has 0 unspecified atom stereocenters. The molecule has 0 saturated heterocycles. The van der Waals surface area contributed by atoms with Gasteiger partial charge in [0.1, 0.15) is 6.54 Å². The monoisotopic (exact) mass is 275 g/mol. The van der Waals surface area contributed by atoms with Gasteiger partial charge in [-0.25, -0.2) is 0 Å². The summed E-state index contributed by atoms with van der Waals surface area (Å²) in [6.45, 7) is 6.00. The van der Waals surface area contributed by atoms with Crippen LogP contribution in [0.4, 0.5) is 11.4 Å². The number of hydrogen-bond acceptors (Lipinski definition) is 3. The van der Waals surface area contributed by atoms with Crippen LogP contribution in [0.3, 0.4) is 0 Å². The van der Waals surface area contributed by atoms with E-state index in [9.17, 15) is 9.59 Å². The van der Waals surface area contributed by atoms with Crippen molar-refractivity contribution in [3.63, 3.8) is 0 Å². The first kappa shape index (κ1) is 14.4. The highest BCUT2D eigenvalue weighted by Crippen LogP contribution is 2.30. The fourth-order valence-electron chi connectivity index (χ4n) is 2.23. The van der Waals surface area contributed by atoms with E-state index in [0.29, 0.717) is 12.1 Å². The summed E-state index contributed by atoms with van der Waals surface area (Å²) in [5.41, 5.74) is 7.76. The Hall–Kier alpha value is -2.04. The van der Waals surface area contributed by atoms with Crippen molar-refractivity contribution in [3.8, 4) is 0 Å². The van der Waals surface area contributed by atoms with Crippen molar-refractivity contribution >= 4 is 23.2 Å². The molecule has 1 aliphatic rings. The number of hydrogen-bond donors (Lipinski definition) is 2. The fourth-order valence-corrected chi connectivity index (χ4v) is 2.23. The standard InChI is InChI=1S/C15H21N3O2/c1-4-15(2,3)17-13(19)9-18-12-6-5-11(16)7-10(12)8-14(18)20/h5-7H,4,8-9,16H2,1-3H3,(H,17,19). The third-order valence-electron chi connectivity index (χ3n) is 3.70. The molecular formula is C15H21N3O2. The molecule has 5 nitrogen and oxygen atoms in total. The lowest BCUT2D eigenvalue weighted by atomic mass is 10.0. The summed E-state index contributed by atoms with van der Waals surface area (Å²) in [5, 5.41) is 2.94. The first-order valence-corrected chi connectivity index (χ1v) is 6.82. The highest BCUT2D eigenvalue weighted by atomic mass is 16.2. The van der Waals surface area contributed by atoms with Crippen LogP contribution in [0.25, 0.3) is 0 Å². The second kappa shape index (κ2) is 5.15. The van der Waals surface area contributed by atoms with Gasteiger partial charge in [0.25, 0.3) is 0 Å². The molecule has 0 atom stereocenters. The molecule has 0 fully saturated rings. The maximum atomic E-state index is 12.1. The van der Waals surface area contributed by atoms with E-state index in [1.54, 1.807) is 18.2 Å². The number of anilines is 2. The van der Waals surface area contributed by atoms with Crippen LogP contribution in [-0.4, -0.2) is 23.9 Å². The Morgan fingerprint density at radius 3 is 2.80 bits per heavy atom. The van der Waals surface area contributed by atoms with Gasteiger partial charge >= 0.3 is 0 Å². The number of amides is 2. The average molecular weight is 275 g/mol. The summed E-state index contributed by atoms with van der Waals surface area (Å²) >= 11 is 0. The summed E-state index contributed by atoms with van der Waals surface area (Å²) in [5.74, 6) is -0.204. The zero-order valence-electron chi connectivity index (χ0n) is 12.2. The van der Waals surface area contributed by atoms with Crippen molar-refractivity contribution in [1.29, 1.82) is 0 Å². The van der Waals surface area contributed by atoms with Gasteiger partial charge in [-0.2, -0.15) is 0 Å². The van der Waals surface area contributed by atoms with Gasteiger partial charge in [0.15, 0.2) is 0 Å². The van der Waals surface area contributed by atoms with Crippen molar-refractivity contribution in [2.75, 3.05) is 17.2 Å². The fraction of sp³-hybridized carbons (Fsp3) is 0.467. The second-order valence-electron chi connectivity index (χ2n) is 5.83. The van der Waals surface area contributed by atoms with Crippen LogP contribution in [0.2, 0.25) is 0 Å². The van der Waals surface area contributed by atoms with Gasteiger partial charge in [-0.1, -0.05) is 6.92 Å². The Balaban J connectivity index is 2.11. The van der Waals surface area contributed by atoms with Crippen LogP contribution < -0.4 is 16.0 Å². The number of nitrogens with one attached hydrogen (secondary N) is 1. The van der Waals surface area contributed by atoms with Crippen molar-refractivity contribution in [1.82, 2.24) is 5.32 Å². The predicted molar refractivity (Wildman–Crippen MR) is 79.4 cm³/mol. The summed E-state index contributed by atoms with van der Waals surface area (Å²) in [6.07, 6.45) is 1.14. The topological polar surface area (TPSA) is 75.4 Å². The molecule has 0 saturated carbocycles. The summed E-state index contributed by atoms with van der Waals surface area (Å²) in [4.78, 5) is 25.6. The highest BCUT2D eigenvalue weighted by Gasteiger charge is 2.30. The number of nitrogens with two attached hydrogens (primary N) is 1. The lowest BCUT2D eigenvalue weighted by molar-refractivity contribution is -0.124. The molecule has 3 N–H and O–H groups in total. The second-order valence-corrected chi connectivity index (χ2v) is 5.83. The van der Waals surface area contributed by atoms with E-state index in [0.717, 1.165) is 17.7 Å². The summed E-state index contributed by atoms with van der Waals surface area (Å²) in [6, 6.07) is 5.34. The summed E-state index contributed by atoms with van der Waals surface area (Å²) in [7, 11) is 0. The number of benzene rings is 1. The third-order valence-corrected chi connectivity index (χ3v) is 3.70. The van der Waals surface area contributed by atoms with Gasteiger partial charge in [-0.15, -0.1) is 0 Å².